The van der Waals surface area contributed by atoms with Gasteiger partial charge in [0.2, 0.25) is 0 Å². The molecular formula is C11H12N2O2. The van der Waals surface area contributed by atoms with E-state index in [4.69, 9.17) is 9.52 Å². The minimum absolute atomic E-state index is 0.160. The van der Waals surface area contributed by atoms with E-state index >= 15 is 0 Å². The van der Waals surface area contributed by atoms with Gasteiger partial charge in [-0.2, -0.15) is 4.98 Å². The van der Waals surface area contributed by atoms with Crippen molar-refractivity contribution in [1.82, 2.24) is 4.98 Å². The third-order valence-corrected chi connectivity index (χ3v) is 2.73. The van der Waals surface area contributed by atoms with Gasteiger partial charge in [0, 0.05) is 6.04 Å². The minimum atomic E-state index is -0.160. The average Bonchev–Trinajstić information content (AvgIpc) is 2.57. The first-order chi connectivity index (χ1) is 7.31. The second-order valence-electron chi connectivity index (χ2n) is 3.95. The molecule has 1 aromatic heterocycles. The molecule has 2 N–H and O–H groups in total. The number of para-hydroxylation sites is 2. The van der Waals surface area contributed by atoms with Crippen LogP contribution in [0.3, 0.4) is 0 Å². The summed E-state index contributed by atoms with van der Waals surface area (Å²) in [4.78, 5) is 4.30. The van der Waals surface area contributed by atoms with Gasteiger partial charge < -0.3 is 14.8 Å². The normalized spacial score (nSPS) is 25.1. The molecule has 0 saturated heterocycles. The summed E-state index contributed by atoms with van der Waals surface area (Å²) >= 11 is 0. The fourth-order valence-corrected chi connectivity index (χ4v) is 1.81. The Labute approximate surface area is 86.9 Å². The Bertz CT molecular complexity index is 441. The topological polar surface area (TPSA) is 58.3 Å². The van der Waals surface area contributed by atoms with Crippen molar-refractivity contribution < 1.29 is 9.52 Å². The molecule has 4 heteroatoms. The summed E-state index contributed by atoms with van der Waals surface area (Å²) < 4.78 is 5.51. The Morgan fingerprint density at radius 3 is 2.87 bits per heavy atom. The molecule has 1 saturated carbocycles. The van der Waals surface area contributed by atoms with Crippen LogP contribution in [0.5, 0.6) is 0 Å². The lowest BCUT2D eigenvalue weighted by Gasteiger charge is -2.31. The molecule has 0 bridgehead atoms. The van der Waals surface area contributed by atoms with Gasteiger partial charge in [0.1, 0.15) is 5.52 Å². The molecule has 2 aromatic rings. The van der Waals surface area contributed by atoms with Crippen LogP contribution >= 0.6 is 0 Å². The molecule has 1 aliphatic carbocycles. The molecule has 1 aromatic carbocycles. The summed E-state index contributed by atoms with van der Waals surface area (Å²) in [6.07, 6.45) is 1.39. The number of fused-ring (bicyclic) bond motifs is 1. The fourth-order valence-electron chi connectivity index (χ4n) is 1.81. The molecule has 0 radical (unpaired) electrons. The van der Waals surface area contributed by atoms with Crippen molar-refractivity contribution in [2.75, 3.05) is 5.32 Å². The predicted octanol–water partition coefficient (Wildman–Crippen LogP) is 1.76. The molecule has 0 amide bonds. The zero-order valence-corrected chi connectivity index (χ0v) is 8.18. The van der Waals surface area contributed by atoms with Gasteiger partial charge in [0.25, 0.3) is 6.01 Å². The van der Waals surface area contributed by atoms with Gasteiger partial charge in [-0.1, -0.05) is 12.1 Å². The fraction of sp³-hybridized carbons (Fsp3) is 0.364. The second-order valence-corrected chi connectivity index (χ2v) is 3.95. The molecule has 0 spiro atoms. The van der Waals surface area contributed by atoms with Crippen molar-refractivity contribution in [3.05, 3.63) is 24.3 Å². The number of anilines is 1. The lowest BCUT2D eigenvalue weighted by atomic mass is 9.90. The molecule has 1 aliphatic rings. The van der Waals surface area contributed by atoms with Crippen LogP contribution in [-0.4, -0.2) is 22.2 Å². The lowest BCUT2D eigenvalue weighted by molar-refractivity contribution is 0.0829. The highest BCUT2D eigenvalue weighted by Gasteiger charge is 2.28. The number of aromatic nitrogens is 1. The number of aliphatic hydroxyl groups is 1. The lowest BCUT2D eigenvalue weighted by Crippen LogP contribution is -2.38. The van der Waals surface area contributed by atoms with Crippen molar-refractivity contribution in [2.45, 2.75) is 25.0 Å². The number of oxazole rings is 1. The molecule has 0 atom stereocenters. The highest BCUT2D eigenvalue weighted by Crippen LogP contribution is 2.25. The van der Waals surface area contributed by atoms with Crippen molar-refractivity contribution in [3.63, 3.8) is 0 Å². The van der Waals surface area contributed by atoms with Crippen molar-refractivity contribution in [2.24, 2.45) is 0 Å². The van der Waals surface area contributed by atoms with Crippen LogP contribution in [0, 0.1) is 0 Å². The molecule has 78 valence electrons. The summed E-state index contributed by atoms with van der Waals surface area (Å²) in [5.74, 6) is 0. The maximum atomic E-state index is 9.15. The van der Waals surface area contributed by atoms with E-state index in [-0.39, 0.29) is 6.10 Å². The zero-order chi connectivity index (χ0) is 10.3. The SMILES string of the molecule is OC1CC(Nc2nc3ccccc3o2)C1. The number of aliphatic hydroxyl groups excluding tert-OH is 1. The first kappa shape index (κ1) is 8.73. The summed E-state index contributed by atoms with van der Waals surface area (Å²) in [7, 11) is 0. The van der Waals surface area contributed by atoms with Crippen LogP contribution in [0.25, 0.3) is 11.1 Å². The van der Waals surface area contributed by atoms with Crippen LogP contribution in [-0.2, 0) is 0 Å². The van der Waals surface area contributed by atoms with Crippen molar-refractivity contribution in [3.8, 4) is 0 Å². The summed E-state index contributed by atoms with van der Waals surface area (Å²) in [5, 5.41) is 12.3. The monoisotopic (exact) mass is 204 g/mol. The quantitative estimate of drug-likeness (QED) is 0.782. The Kier molecular flexibility index (Phi) is 1.89. The Hall–Kier alpha value is -1.55. The van der Waals surface area contributed by atoms with Crippen LogP contribution < -0.4 is 5.32 Å². The van der Waals surface area contributed by atoms with E-state index < -0.39 is 0 Å². The molecule has 15 heavy (non-hydrogen) atoms. The van der Waals surface area contributed by atoms with E-state index in [1.807, 2.05) is 24.3 Å². The summed E-state index contributed by atoms with van der Waals surface area (Å²) in [5.41, 5.74) is 1.65. The molecule has 1 fully saturated rings. The van der Waals surface area contributed by atoms with Crippen LogP contribution in [0.2, 0.25) is 0 Å². The maximum Gasteiger partial charge on any atom is 0.295 e. The molecule has 3 rings (SSSR count). The van der Waals surface area contributed by atoms with Crippen molar-refractivity contribution in [1.29, 1.82) is 0 Å². The van der Waals surface area contributed by atoms with Gasteiger partial charge in [-0.15, -0.1) is 0 Å². The Balaban J connectivity index is 1.80. The zero-order valence-electron chi connectivity index (χ0n) is 8.18. The van der Waals surface area contributed by atoms with Crippen LogP contribution in [0.1, 0.15) is 12.8 Å². The molecule has 1 heterocycles. The summed E-state index contributed by atoms with van der Waals surface area (Å²) in [6, 6.07) is 8.51. The second kappa shape index (κ2) is 3.24. The highest BCUT2D eigenvalue weighted by atomic mass is 16.4. The van der Waals surface area contributed by atoms with E-state index in [1.54, 1.807) is 0 Å². The Morgan fingerprint density at radius 2 is 2.13 bits per heavy atom. The number of hydrogen-bond donors (Lipinski definition) is 2. The van der Waals surface area contributed by atoms with Crippen LogP contribution in [0.15, 0.2) is 28.7 Å². The van der Waals surface area contributed by atoms with Gasteiger partial charge in [0.05, 0.1) is 6.10 Å². The standard InChI is InChI=1S/C11H12N2O2/c14-8-5-7(6-8)12-11-13-9-3-1-2-4-10(9)15-11/h1-4,7-8,14H,5-6H2,(H,12,13). The first-order valence-corrected chi connectivity index (χ1v) is 5.11. The third kappa shape index (κ3) is 1.57. The molecule has 0 unspecified atom stereocenters. The number of nitrogens with zero attached hydrogens (tertiary/aromatic N) is 1. The van der Waals surface area contributed by atoms with Crippen LogP contribution in [0.4, 0.5) is 6.01 Å². The molecular weight excluding hydrogens is 192 g/mol. The largest absolute Gasteiger partial charge is 0.424 e. The molecule has 4 nitrogen and oxygen atoms in total. The van der Waals surface area contributed by atoms with E-state index in [9.17, 15) is 0 Å². The van der Waals surface area contributed by atoms with E-state index in [0.717, 1.165) is 23.9 Å². The van der Waals surface area contributed by atoms with E-state index in [0.29, 0.717) is 12.1 Å². The maximum absolute atomic E-state index is 9.15. The third-order valence-electron chi connectivity index (χ3n) is 2.73. The van der Waals surface area contributed by atoms with Gasteiger partial charge in [-0.3, -0.25) is 0 Å². The highest BCUT2D eigenvalue weighted by molar-refractivity contribution is 5.74. The van der Waals surface area contributed by atoms with Crippen molar-refractivity contribution >= 4 is 17.1 Å². The number of benzene rings is 1. The minimum Gasteiger partial charge on any atom is -0.424 e. The van der Waals surface area contributed by atoms with Gasteiger partial charge in [-0.05, 0) is 25.0 Å². The van der Waals surface area contributed by atoms with E-state index in [1.165, 1.54) is 0 Å². The first-order valence-electron chi connectivity index (χ1n) is 5.11. The smallest absolute Gasteiger partial charge is 0.295 e. The number of rotatable bonds is 2. The number of nitrogens with one attached hydrogen (secondary N) is 1. The van der Waals surface area contributed by atoms with E-state index in [2.05, 4.69) is 10.3 Å². The predicted molar refractivity (Wildman–Crippen MR) is 56.7 cm³/mol. The summed E-state index contributed by atoms with van der Waals surface area (Å²) in [6.45, 7) is 0. The van der Waals surface area contributed by atoms with Gasteiger partial charge in [-0.25, -0.2) is 0 Å². The van der Waals surface area contributed by atoms with Gasteiger partial charge in [0.15, 0.2) is 5.58 Å². The Morgan fingerprint density at radius 1 is 1.33 bits per heavy atom. The average molecular weight is 204 g/mol. The van der Waals surface area contributed by atoms with Gasteiger partial charge >= 0.3 is 0 Å². The molecule has 0 aliphatic heterocycles. The number of hydrogen-bond acceptors (Lipinski definition) is 4.